The summed E-state index contributed by atoms with van der Waals surface area (Å²) in [6, 6.07) is 0.00185. The highest BCUT2D eigenvalue weighted by molar-refractivity contribution is 5.77. The highest BCUT2D eigenvalue weighted by Crippen LogP contribution is 2.29. The van der Waals surface area contributed by atoms with Gasteiger partial charge in [-0.2, -0.15) is 0 Å². The molecule has 1 atom stereocenters. The number of nitrogens with two attached hydrogens (primary N) is 1. The van der Waals surface area contributed by atoms with Gasteiger partial charge in [-0.3, -0.25) is 9.69 Å². The maximum Gasteiger partial charge on any atom is 0.224 e. The van der Waals surface area contributed by atoms with Crippen molar-refractivity contribution in [2.24, 2.45) is 17.6 Å². The second kappa shape index (κ2) is 6.02. The Hall–Kier alpha value is -0.610. The van der Waals surface area contributed by atoms with Crippen molar-refractivity contribution in [1.82, 2.24) is 9.80 Å². The van der Waals surface area contributed by atoms with Gasteiger partial charge in [0.2, 0.25) is 5.91 Å². The fourth-order valence-corrected chi connectivity index (χ4v) is 2.41. The van der Waals surface area contributed by atoms with Crippen LogP contribution in [0.3, 0.4) is 0 Å². The van der Waals surface area contributed by atoms with Gasteiger partial charge in [-0.1, -0.05) is 13.8 Å². The first-order valence-corrected chi connectivity index (χ1v) is 7.32. The van der Waals surface area contributed by atoms with Crippen LogP contribution in [-0.4, -0.2) is 54.5 Å². The van der Waals surface area contributed by atoms with Crippen LogP contribution in [0, 0.1) is 11.8 Å². The molecule has 0 aromatic carbocycles. The molecule has 4 heteroatoms. The van der Waals surface area contributed by atoms with Crippen molar-refractivity contribution in [2.75, 3.05) is 32.7 Å². The fourth-order valence-electron chi connectivity index (χ4n) is 2.41. The molecule has 1 saturated heterocycles. The molecule has 0 spiro atoms. The third-order valence-electron chi connectivity index (χ3n) is 4.20. The molecule has 2 aliphatic rings. The van der Waals surface area contributed by atoms with Gasteiger partial charge in [0, 0.05) is 45.2 Å². The third kappa shape index (κ3) is 3.95. The van der Waals surface area contributed by atoms with E-state index in [9.17, 15) is 4.79 Å². The number of carbonyl (C=O) groups is 1. The molecular formula is C14H27N3O. The Labute approximate surface area is 110 Å². The molecule has 4 nitrogen and oxygen atoms in total. The zero-order valence-electron chi connectivity index (χ0n) is 11.8. The summed E-state index contributed by atoms with van der Waals surface area (Å²) in [6.45, 7) is 9.25. The molecule has 1 heterocycles. The molecule has 0 bridgehead atoms. The first kappa shape index (κ1) is 13.8. The molecule has 18 heavy (non-hydrogen) atoms. The molecule has 1 saturated carbocycles. The molecule has 2 fully saturated rings. The SMILES string of the molecule is CC(C)C(N)CC(=O)N1CCN(CC2CC2)CC1. The Morgan fingerprint density at radius 1 is 1.22 bits per heavy atom. The maximum absolute atomic E-state index is 12.1. The predicted octanol–water partition coefficient (Wildman–Crippen LogP) is 0.914. The molecule has 2 N–H and O–H groups in total. The van der Waals surface area contributed by atoms with Crippen LogP contribution in [0.1, 0.15) is 33.1 Å². The van der Waals surface area contributed by atoms with Crippen molar-refractivity contribution in [1.29, 1.82) is 0 Å². The smallest absolute Gasteiger partial charge is 0.224 e. The van der Waals surface area contributed by atoms with E-state index in [0.717, 1.165) is 32.1 Å². The van der Waals surface area contributed by atoms with E-state index in [-0.39, 0.29) is 11.9 Å². The average molecular weight is 253 g/mol. The third-order valence-corrected chi connectivity index (χ3v) is 4.20. The normalized spacial score (nSPS) is 23.4. The van der Waals surface area contributed by atoms with Crippen molar-refractivity contribution in [3.63, 3.8) is 0 Å². The van der Waals surface area contributed by atoms with E-state index >= 15 is 0 Å². The van der Waals surface area contributed by atoms with Gasteiger partial charge in [0.05, 0.1) is 0 Å². The van der Waals surface area contributed by atoms with E-state index in [4.69, 9.17) is 5.73 Å². The molecular weight excluding hydrogens is 226 g/mol. The minimum absolute atomic E-state index is 0.00185. The number of hydrogen-bond donors (Lipinski definition) is 1. The largest absolute Gasteiger partial charge is 0.340 e. The lowest BCUT2D eigenvalue weighted by molar-refractivity contribution is -0.133. The summed E-state index contributed by atoms with van der Waals surface area (Å²) in [5.41, 5.74) is 5.97. The summed E-state index contributed by atoms with van der Waals surface area (Å²) in [4.78, 5) is 16.6. The van der Waals surface area contributed by atoms with Crippen LogP contribution in [0.15, 0.2) is 0 Å². The van der Waals surface area contributed by atoms with Crippen LogP contribution in [0.5, 0.6) is 0 Å². The molecule has 1 amide bonds. The standard InChI is InChI=1S/C14H27N3O/c1-11(2)13(15)9-14(18)17-7-5-16(6-8-17)10-12-3-4-12/h11-13H,3-10,15H2,1-2H3. The zero-order valence-corrected chi connectivity index (χ0v) is 11.8. The van der Waals surface area contributed by atoms with Gasteiger partial charge in [-0.25, -0.2) is 0 Å². The van der Waals surface area contributed by atoms with Gasteiger partial charge in [-0.05, 0) is 24.7 Å². The van der Waals surface area contributed by atoms with Crippen molar-refractivity contribution < 1.29 is 4.79 Å². The maximum atomic E-state index is 12.1. The van der Waals surface area contributed by atoms with Crippen LogP contribution in [0.25, 0.3) is 0 Å². The minimum atomic E-state index is 0.00185. The fraction of sp³-hybridized carbons (Fsp3) is 0.929. The summed E-state index contributed by atoms with van der Waals surface area (Å²) >= 11 is 0. The summed E-state index contributed by atoms with van der Waals surface area (Å²) in [5, 5.41) is 0. The summed E-state index contributed by atoms with van der Waals surface area (Å²) in [7, 11) is 0. The molecule has 1 aliphatic heterocycles. The lowest BCUT2D eigenvalue weighted by Gasteiger charge is -2.35. The van der Waals surface area contributed by atoms with Crippen molar-refractivity contribution in [3.8, 4) is 0 Å². The Kier molecular flexibility index (Phi) is 4.62. The number of nitrogens with zero attached hydrogens (tertiary/aromatic N) is 2. The van der Waals surface area contributed by atoms with Gasteiger partial charge >= 0.3 is 0 Å². The van der Waals surface area contributed by atoms with E-state index in [0.29, 0.717) is 12.3 Å². The lowest BCUT2D eigenvalue weighted by Crippen LogP contribution is -2.50. The van der Waals surface area contributed by atoms with E-state index in [1.807, 2.05) is 4.90 Å². The molecule has 1 unspecified atom stereocenters. The first-order valence-electron chi connectivity index (χ1n) is 7.32. The van der Waals surface area contributed by atoms with Gasteiger partial charge in [0.15, 0.2) is 0 Å². The monoisotopic (exact) mass is 253 g/mol. The molecule has 2 rings (SSSR count). The molecule has 0 aromatic heterocycles. The number of piperazine rings is 1. The van der Waals surface area contributed by atoms with E-state index in [2.05, 4.69) is 18.7 Å². The average Bonchev–Trinajstić information content (AvgIpc) is 3.13. The van der Waals surface area contributed by atoms with Crippen LogP contribution in [0.2, 0.25) is 0 Å². The van der Waals surface area contributed by atoms with Gasteiger partial charge in [0.1, 0.15) is 0 Å². The molecule has 1 aliphatic carbocycles. The number of hydrogen-bond acceptors (Lipinski definition) is 3. The highest BCUT2D eigenvalue weighted by Gasteiger charge is 2.28. The summed E-state index contributed by atoms with van der Waals surface area (Å²) in [5.74, 6) is 1.56. The molecule has 104 valence electrons. The number of amides is 1. The van der Waals surface area contributed by atoms with E-state index in [1.54, 1.807) is 0 Å². The van der Waals surface area contributed by atoms with Gasteiger partial charge in [0.25, 0.3) is 0 Å². The van der Waals surface area contributed by atoms with Crippen LogP contribution < -0.4 is 5.73 Å². The Morgan fingerprint density at radius 3 is 2.33 bits per heavy atom. The first-order chi connectivity index (χ1) is 8.56. The minimum Gasteiger partial charge on any atom is -0.340 e. The quantitative estimate of drug-likeness (QED) is 0.792. The van der Waals surface area contributed by atoms with Crippen molar-refractivity contribution in [3.05, 3.63) is 0 Å². The molecule has 0 radical (unpaired) electrons. The van der Waals surface area contributed by atoms with Gasteiger partial charge in [-0.15, -0.1) is 0 Å². The second-order valence-corrected chi connectivity index (χ2v) is 6.24. The number of rotatable bonds is 5. The molecule has 0 aromatic rings. The Morgan fingerprint density at radius 2 is 1.83 bits per heavy atom. The van der Waals surface area contributed by atoms with Crippen molar-refractivity contribution >= 4 is 5.91 Å². The van der Waals surface area contributed by atoms with E-state index < -0.39 is 0 Å². The van der Waals surface area contributed by atoms with Gasteiger partial charge < -0.3 is 10.6 Å². The second-order valence-electron chi connectivity index (χ2n) is 6.24. The van der Waals surface area contributed by atoms with Crippen LogP contribution >= 0.6 is 0 Å². The van der Waals surface area contributed by atoms with Crippen LogP contribution in [-0.2, 0) is 4.79 Å². The zero-order chi connectivity index (χ0) is 13.1. The Bertz CT molecular complexity index is 281. The topological polar surface area (TPSA) is 49.6 Å². The Balaban J connectivity index is 1.69. The summed E-state index contributed by atoms with van der Waals surface area (Å²) in [6.07, 6.45) is 3.31. The van der Waals surface area contributed by atoms with Crippen LogP contribution in [0.4, 0.5) is 0 Å². The van der Waals surface area contributed by atoms with Crippen molar-refractivity contribution in [2.45, 2.75) is 39.2 Å². The van der Waals surface area contributed by atoms with E-state index in [1.165, 1.54) is 19.4 Å². The lowest BCUT2D eigenvalue weighted by atomic mass is 10.0. The predicted molar refractivity (Wildman–Crippen MR) is 73.2 cm³/mol. The highest BCUT2D eigenvalue weighted by atomic mass is 16.2. The summed E-state index contributed by atoms with van der Waals surface area (Å²) < 4.78 is 0. The number of carbonyl (C=O) groups excluding carboxylic acids is 1.